The van der Waals surface area contributed by atoms with Gasteiger partial charge in [-0.25, -0.2) is 0 Å². The molecule has 2 fully saturated rings. The molecule has 0 aromatic rings. The van der Waals surface area contributed by atoms with Gasteiger partial charge in [0.1, 0.15) is 0 Å². The summed E-state index contributed by atoms with van der Waals surface area (Å²) in [7, 11) is 0. The molecule has 14 heavy (non-hydrogen) atoms. The Bertz CT molecular complexity index is 179. The predicted octanol–water partition coefficient (Wildman–Crippen LogP) is 1.93. The van der Waals surface area contributed by atoms with Crippen LogP contribution in [0, 0.1) is 11.8 Å². The van der Waals surface area contributed by atoms with Crippen LogP contribution in [-0.4, -0.2) is 23.8 Å². The number of aliphatic hydroxyl groups is 1. The van der Waals surface area contributed by atoms with E-state index in [1.54, 1.807) is 0 Å². The zero-order valence-corrected chi connectivity index (χ0v) is 9.21. The topological polar surface area (TPSA) is 32.3 Å². The first kappa shape index (κ1) is 10.4. The summed E-state index contributed by atoms with van der Waals surface area (Å²) >= 11 is 0. The zero-order valence-electron chi connectivity index (χ0n) is 9.21. The molecule has 0 amide bonds. The Morgan fingerprint density at radius 1 is 1.21 bits per heavy atom. The van der Waals surface area contributed by atoms with Crippen LogP contribution in [0.1, 0.15) is 45.4 Å². The predicted molar refractivity (Wildman–Crippen MR) is 58.2 cm³/mol. The minimum Gasteiger partial charge on any atom is -0.395 e. The molecule has 2 heteroatoms. The molecule has 2 nitrogen and oxygen atoms in total. The summed E-state index contributed by atoms with van der Waals surface area (Å²) in [5, 5.41) is 12.5. The van der Waals surface area contributed by atoms with Crippen LogP contribution in [0.3, 0.4) is 0 Å². The molecule has 2 N–H and O–H groups in total. The highest BCUT2D eigenvalue weighted by atomic mass is 16.3. The van der Waals surface area contributed by atoms with Crippen molar-refractivity contribution < 1.29 is 5.11 Å². The molecular formula is C12H23NO. The number of hydrogen-bond donors (Lipinski definition) is 2. The average Bonchev–Trinajstić information content (AvgIpc) is 3.01. The molecular weight excluding hydrogens is 174 g/mol. The lowest BCUT2D eigenvalue weighted by atomic mass is 9.82. The SMILES string of the molecule is C[C@H](CO)NC1CCCC(C2CC2)C1. The highest BCUT2D eigenvalue weighted by Gasteiger charge is 2.34. The molecule has 0 saturated heterocycles. The fourth-order valence-electron chi connectivity index (χ4n) is 2.83. The molecule has 3 atom stereocenters. The van der Waals surface area contributed by atoms with Gasteiger partial charge in [-0.15, -0.1) is 0 Å². The summed E-state index contributed by atoms with van der Waals surface area (Å²) < 4.78 is 0. The van der Waals surface area contributed by atoms with Crippen molar-refractivity contribution in [2.75, 3.05) is 6.61 Å². The van der Waals surface area contributed by atoms with Crippen LogP contribution in [0.2, 0.25) is 0 Å². The van der Waals surface area contributed by atoms with E-state index in [4.69, 9.17) is 5.11 Å². The van der Waals surface area contributed by atoms with Crippen LogP contribution in [0.4, 0.5) is 0 Å². The second-order valence-corrected chi connectivity index (χ2v) is 5.21. The van der Waals surface area contributed by atoms with Gasteiger partial charge in [0.05, 0.1) is 6.61 Å². The van der Waals surface area contributed by atoms with E-state index >= 15 is 0 Å². The summed E-state index contributed by atoms with van der Waals surface area (Å²) in [5.41, 5.74) is 0. The first-order chi connectivity index (χ1) is 6.79. The Balaban J connectivity index is 1.75. The molecule has 0 aliphatic heterocycles. The maximum Gasteiger partial charge on any atom is 0.0582 e. The molecule has 0 bridgehead atoms. The van der Waals surface area contributed by atoms with Crippen LogP contribution >= 0.6 is 0 Å². The van der Waals surface area contributed by atoms with E-state index in [0.717, 1.165) is 11.8 Å². The quantitative estimate of drug-likeness (QED) is 0.721. The Labute approximate surface area is 87.1 Å². The normalized spacial score (nSPS) is 35.6. The lowest BCUT2D eigenvalue weighted by molar-refractivity contribution is 0.204. The second-order valence-electron chi connectivity index (χ2n) is 5.21. The van der Waals surface area contributed by atoms with Crippen molar-refractivity contribution in [2.45, 2.75) is 57.5 Å². The summed E-state index contributed by atoms with van der Waals surface area (Å²) in [5.74, 6) is 2.05. The number of hydrogen-bond acceptors (Lipinski definition) is 2. The summed E-state index contributed by atoms with van der Waals surface area (Å²) in [6, 6.07) is 0.953. The number of aliphatic hydroxyl groups excluding tert-OH is 1. The van der Waals surface area contributed by atoms with E-state index in [-0.39, 0.29) is 12.6 Å². The van der Waals surface area contributed by atoms with Gasteiger partial charge in [-0.05, 0) is 44.4 Å². The van der Waals surface area contributed by atoms with Crippen LogP contribution in [-0.2, 0) is 0 Å². The molecule has 2 saturated carbocycles. The number of rotatable bonds is 4. The minimum atomic E-state index is 0.268. The minimum absolute atomic E-state index is 0.268. The molecule has 2 aliphatic carbocycles. The van der Waals surface area contributed by atoms with Gasteiger partial charge in [-0.1, -0.05) is 12.8 Å². The van der Waals surface area contributed by atoms with Gasteiger partial charge in [-0.3, -0.25) is 0 Å². The van der Waals surface area contributed by atoms with Crippen molar-refractivity contribution in [3.63, 3.8) is 0 Å². The third kappa shape index (κ3) is 2.71. The standard InChI is InChI=1S/C12H23NO/c1-9(8-14)13-12-4-2-3-11(7-12)10-5-6-10/h9-14H,2-8H2,1H3/t9-,11?,12?/m1/s1. The van der Waals surface area contributed by atoms with Crippen LogP contribution in [0.15, 0.2) is 0 Å². The fourth-order valence-corrected chi connectivity index (χ4v) is 2.83. The van der Waals surface area contributed by atoms with Crippen molar-refractivity contribution in [2.24, 2.45) is 11.8 Å². The van der Waals surface area contributed by atoms with Gasteiger partial charge < -0.3 is 10.4 Å². The van der Waals surface area contributed by atoms with E-state index < -0.39 is 0 Å². The Morgan fingerprint density at radius 3 is 2.64 bits per heavy atom. The maximum absolute atomic E-state index is 8.99. The number of nitrogens with one attached hydrogen (secondary N) is 1. The van der Waals surface area contributed by atoms with Gasteiger partial charge in [0.2, 0.25) is 0 Å². The first-order valence-electron chi connectivity index (χ1n) is 6.16. The van der Waals surface area contributed by atoms with Crippen LogP contribution in [0.5, 0.6) is 0 Å². The van der Waals surface area contributed by atoms with E-state index in [1.165, 1.54) is 38.5 Å². The lowest BCUT2D eigenvalue weighted by Gasteiger charge is -2.31. The van der Waals surface area contributed by atoms with Crippen LogP contribution in [0.25, 0.3) is 0 Å². The fraction of sp³-hybridized carbons (Fsp3) is 1.00. The van der Waals surface area contributed by atoms with Crippen molar-refractivity contribution >= 4 is 0 Å². The van der Waals surface area contributed by atoms with Crippen molar-refractivity contribution in [1.29, 1.82) is 0 Å². The molecule has 0 aromatic carbocycles. The van der Waals surface area contributed by atoms with E-state index in [1.807, 2.05) is 0 Å². The third-order valence-electron chi connectivity index (χ3n) is 3.80. The highest BCUT2D eigenvalue weighted by molar-refractivity contribution is 4.88. The molecule has 82 valence electrons. The van der Waals surface area contributed by atoms with Crippen molar-refractivity contribution in [3.8, 4) is 0 Å². The second kappa shape index (κ2) is 4.63. The first-order valence-corrected chi connectivity index (χ1v) is 6.16. The lowest BCUT2D eigenvalue weighted by Crippen LogP contribution is -2.41. The summed E-state index contributed by atoms with van der Waals surface area (Å²) in [6.45, 7) is 2.34. The van der Waals surface area contributed by atoms with E-state index in [9.17, 15) is 0 Å². The van der Waals surface area contributed by atoms with Gasteiger partial charge >= 0.3 is 0 Å². The van der Waals surface area contributed by atoms with Gasteiger partial charge in [-0.2, -0.15) is 0 Å². The molecule has 0 heterocycles. The van der Waals surface area contributed by atoms with Gasteiger partial charge in [0.15, 0.2) is 0 Å². The molecule has 2 unspecified atom stereocenters. The monoisotopic (exact) mass is 197 g/mol. The molecule has 0 radical (unpaired) electrons. The highest BCUT2D eigenvalue weighted by Crippen LogP contribution is 2.43. The smallest absolute Gasteiger partial charge is 0.0582 e. The van der Waals surface area contributed by atoms with E-state index in [2.05, 4.69) is 12.2 Å². The Hall–Kier alpha value is -0.0800. The Morgan fingerprint density at radius 2 is 2.00 bits per heavy atom. The largest absolute Gasteiger partial charge is 0.395 e. The average molecular weight is 197 g/mol. The molecule has 0 spiro atoms. The molecule has 0 aromatic heterocycles. The van der Waals surface area contributed by atoms with Crippen molar-refractivity contribution in [3.05, 3.63) is 0 Å². The third-order valence-corrected chi connectivity index (χ3v) is 3.80. The summed E-state index contributed by atoms with van der Waals surface area (Å²) in [6.07, 6.45) is 8.47. The van der Waals surface area contributed by atoms with Gasteiger partial charge in [0, 0.05) is 12.1 Å². The molecule has 2 rings (SSSR count). The Kier molecular flexibility index (Phi) is 3.45. The molecule has 2 aliphatic rings. The van der Waals surface area contributed by atoms with E-state index in [0.29, 0.717) is 6.04 Å². The summed E-state index contributed by atoms with van der Waals surface area (Å²) in [4.78, 5) is 0. The zero-order chi connectivity index (χ0) is 9.97. The maximum atomic E-state index is 8.99. The van der Waals surface area contributed by atoms with Crippen LogP contribution < -0.4 is 5.32 Å². The van der Waals surface area contributed by atoms with Crippen molar-refractivity contribution in [1.82, 2.24) is 5.32 Å². The van der Waals surface area contributed by atoms with Gasteiger partial charge in [0.25, 0.3) is 0 Å².